The van der Waals surface area contributed by atoms with Gasteiger partial charge in [0.15, 0.2) is 0 Å². The highest BCUT2D eigenvalue weighted by Crippen LogP contribution is 2.12. The Morgan fingerprint density at radius 1 is 1.35 bits per heavy atom. The highest BCUT2D eigenvalue weighted by Gasteiger charge is 2.23. The minimum atomic E-state index is -0.156. The van der Waals surface area contributed by atoms with Crippen molar-refractivity contribution in [3.8, 4) is 0 Å². The molecule has 2 rings (SSSR count). The summed E-state index contributed by atoms with van der Waals surface area (Å²) in [4.78, 5) is 29.5. The molecule has 20 heavy (non-hydrogen) atoms. The summed E-state index contributed by atoms with van der Waals surface area (Å²) in [6.07, 6.45) is 3.52. The van der Waals surface area contributed by atoms with Crippen LogP contribution in [0.15, 0.2) is 24.4 Å². The standard InChI is InChI=1S/C14H18ClN3O2/c15-7-4-13(19)18-9-5-11(6-10-18)17-14(20)12-3-1-2-8-16-12/h1-3,8,11H,4-7,9-10H2,(H,17,20). The van der Waals surface area contributed by atoms with Gasteiger partial charge in [0.2, 0.25) is 5.91 Å². The number of rotatable bonds is 4. The number of hydrogen-bond acceptors (Lipinski definition) is 3. The molecule has 1 aliphatic heterocycles. The summed E-state index contributed by atoms with van der Waals surface area (Å²) in [7, 11) is 0. The van der Waals surface area contributed by atoms with E-state index in [2.05, 4.69) is 10.3 Å². The van der Waals surface area contributed by atoms with Crippen molar-refractivity contribution >= 4 is 23.4 Å². The lowest BCUT2D eigenvalue weighted by atomic mass is 10.0. The van der Waals surface area contributed by atoms with Crippen LogP contribution in [-0.2, 0) is 4.79 Å². The van der Waals surface area contributed by atoms with Gasteiger partial charge in [0.25, 0.3) is 5.91 Å². The lowest BCUT2D eigenvalue weighted by Gasteiger charge is -2.32. The Morgan fingerprint density at radius 3 is 2.70 bits per heavy atom. The van der Waals surface area contributed by atoms with Gasteiger partial charge in [-0.15, -0.1) is 11.6 Å². The molecule has 0 aromatic carbocycles. The van der Waals surface area contributed by atoms with Crippen molar-refractivity contribution in [2.75, 3.05) is 19.0 Å². The average molecular weight is 296 g/mol. The number of aromatic nitrogens is 1. The van der Waals surface area contributed by atoms with Crippen molar-refractivity contribution < 1.29 is 9.59 Å². The van der Waals surface area contributed by atoms with Crippen LogP contribution in [-0.4, -0.2) is 46.7 Å². The first kappa shape index (κ1) is 14.8. The third-order valence-corrected chi connectivity index (χ3v) is 3.58. The fourth-order valence-corrected chi connectivity index (χ4v) is 2.43. The molecule has 1 aromatic rings. The quantitative estimate of drug-likeness (QED) is 0.855. The van der Waals surface area contributed by atoms with E-state index < -0.39 is 0 Å². The van der Waals surface area contributed by atoms with E-state index in [1.807, 2.05) is 4.90 Å². The summed E-state index contributed by atoms with van der Waals surface area (Å²) in [5.41, 5.74) is 0.424. The predicted molar refractivity (Wildman–Crippen MR) is 76.6 cm³/mol. The second kappa shape index (κ2) is 7.24. The molecule has 2 amide bonds. The summed E-state index contributed by atoms with van der Waals surface area (Å²) in [5, 5.41) is 2.96. The van der Waals surface area contributed by atoms with E-state index in [4.69, 9.17) is 11.6 Å². The predicted octanol–water partition coefficient (Wildman–Crippen LogP) is 1.43. The Kier molecular flexibility index (Phi) is 5.35. The Labute approximate surface area is 123 Å². The molecule has 1 saturated heterocycles. The second-order valence-corrected chi connectivity index (χ2v) is 5.16. The topological polar surface area (TPSA) is 62.3 Å². The van der Waals surface area contributed by atoms with Crippen molar-refractivity contribution in [3.05, 3.63) is 30.1 Å². The number of halogens is 1. The molecule has 0 aliphatic carbocycles. The fraction of sp³-hybridized carbons (Fsp3) is 0.500. The van der Waals surface area contributed by atoms with E-state index in [-0.39, 0.29) is 17.9 Å². The Bertz CT molecular complexity index is 459. The van der Waals surface area contributed by atoms with E-state index in [9.17, 15) is 9.59 Å². The van der Waals surface area contributed by atoms with Crippen molar-refractivity contribution in [2.24, 2.45) is 0 Å². The number of nitrogens with one attached hydrogen (secondary N) is 1. The lowest BCUT2D eigenvalue weighted by molar-refractivity contribution is -0.131. The third-order valence-electron chi connectivity index (χ3n) is 3.39. The molecule has 5 nitrogen and oxygen atoms in total. The normalized spacial score (nSPS) is 15.9. The van der Waals surface area contributed by atoms with Crippen LogP contribution in [0.2, 0.25) is 0 Å². The Hall–Kier alpha value is -1.62. The van der Waals surface area contributed by atoms with Gasteiger partial charge >= 0.3 is 0 Å². The zero-order valence-corrected chi connectivity index (χ0v) is 12.0. The molecule has 0 radical (unpaired) electrons. The zero-order valence-electron chi connectivity index (χ0n) is 11.2. The van der Waals surface area contributed by atoms with Crippen LogP contribution >= 0.6 is 11.6 Å². The van der Waals surface area contributed by atoms with E-state index >= 15 is 0 Å². The molecule has 0 saturated carbocycles. The van der Waals surface area contributed by atoms with Crippen LogP contribution in [0.25, 0.3) is 0 Å². The van der Waals surface area contributed by atoms with E-state index in [0.717, 1.165) is 12.8 Å². The molecule has 0 unspecified atom stereocenters. The first-order valence-electron chi connectivity index (χ1n) is 6.76. The molecule has 0 bridgehead atoms. The van der Waals surface area contributed by atoms with Crippen LogP contribution in [0.1, 0.15) is 29.8 Å². The number of carbonyl (C=O) groups is 2. The molecule has 108 valence electrons. The molecule has 1 fully saturated rings. The smallest absolute Gasteiger partial charge is 0.270 e. The Balaban J connectivity index is 1.80. The monoisotopic (exact) mass is 295 g/mol. The molecule has 1 aromatic heterocycles. The van der Waals surface area contributed by atoms with Crippen LogP contribution in [0.4, 0.5) is 0 Å². The minimum Gasteiger partial charge on any atom is -0.348 e. The number of piperidine rings is 1. The maximum Gasteiger partial charge on any atom is 0.270 e. The van der Waals surface area contributed by atoms with Gasteiger partial charge in [0, 0.05) is 37.6 Å². The highest BCUT2D eigenvalue weighted by molar-refractivity contribution is 6.18. The van der Waals surface area contributed by atoms with E-state index in [1.165, 1.54) is 0 Å². The van der Waals surface area contributed by atoms with Crippen molar-refractivity contribution in [1.82, 2.24) is 15.2 Å². The lowest BCUT2D eigenvalue weighted by Crippen LogP contribution is -2.46. The number of alkyl halides is 1. The minimum absolute atomic E-state index is 0.0921. The van der Waals surface area contributed by atoms with Crippen LogP contribution in [0.5, 0.6) is 0 Å². The highest BCUT2D eigenvalue weighted by atomic mass is 35.5. The molecular weight excluding hydrogens is 278 g/mol. The van der Waals surface area contributed by atoms with Gasteiger partial charge in [-0.1, -0.05) is 6.07 Å². The number of carbonyl (C=O) groups excluding carboxylic acids is 2. The molecule has 0 atom stereocenters. The van der Waals surface area contributed by atoms with Crippen LogP contribution < -0.4 is 5.32 Å². The van der Waals surface area contributed by atoms with Gasteiger partial charge in [-0.05, 0) is 25.0 Å². The first-order valence-corrected chi connectivity index (χ1v) is 7.30. The summed E-state index contributed by atoms with van der Waals surface area (Å²) in [5.74, 6) is 0.292. The first-order chi connectivity index (χ1) is 9.70. The van der Waals surface area contributed by atoms with Crippen LogP contribution in [0.3, 0.4) is 0 Å². The van der Waals surface area contributed by atoms with Crippen molar-refractivity contribution in [2.45, 2.75) is 25.3 Å². The summed E-state index contributed by atoms with van der Waals surface area (Å²) >= 11 is 5.57. The third kappa shape index (κ3) is 3.93. The number of nitrogens with zero attached hydrogens (tertiary/aromatic N) is 2. The number of amides is 2. The summed E-state index contributed by atoms with van der Waals surface area (Å²) in [6.45, 7) is 1.34. The Morgan fingerprint density at radius 2 is 2.10 bits per heavy atom. The van der Waals surface area contributed by atoms with Gasteiger partial charge in [-0.25, -0.2) is 0 Å². The van der Waals surface area contributed by atoms with E-state index in [0.29, 0.717) is 31.1 Å². The molecule has 2 heterocycles. The largest absolute Gasteiger partial charge is 0.348 e. The summed E-state index contributed by atoms with van der Waals surface area (Å²) in [6, 6.07) is 5.35. The molecular formula is C14H18ClN3O2. The number of hydrogen-bond donors (Lipinski definition) is 1. The van der Waals surface area contributed by atoms with Crippen molar-refractivity contribution in [3.63, 3.8) is 0 Å². The maximum absolute atomic E-state index is 12.0. The van der Waals surface area contributed by atoms with Gasteiger partial charge in [-0.2, -0.15) is 0 Å². The SMILES string of the molecule is O=C(NC1CCN(C(=O)CCCl)CC1)c1ccccn1. The van der Waals surface area contributed by atoms with Gasteiger partial charge < -0.3 is 10.2 Å². The summed E-state index contributed by atoms with van der Waals surface area (Å²) < 4.78 is 0. The molecule has 1 aliphatic rings. The second-order valence-electron chi connectivity index (χ2n) is 4.78. The van der Waals surface area contributed by atoms with Gasteiger partial charge in [0.05, 0.1) is 0 Å². The van der Waals surface area contributed by atoms with Gasteiger partial charge in [0.1, 0.15) is 5.69 Å². The number of pyridine rings is 1. The van der Waals surface area contributed by atoms with Crippen molar-refractivity contribution in [1.29, 1.82) is 0 Å². The zero-order chi connectivity index (χ0) is 14.4. The fourth-order valence-electron chi connectivity index (χ4n) is 2.27. The molecule has 6 heteroatoms. The van der Waals surface area contributed by atoms with Crippen LogP contribution in [0, 0.1) is 0 Å². The molecule has 0 spiro atoms. The van der Waals surface area contributed by atoms with E-state index in [1.54, 1.807) is 24.4 Å². The number of likely N-dealkylation sites (tertiary alicyclic amines) is 1. The van der Waals surface area contributed by atoms with Gasteiger partial charge in [-0.3, -0.25) is 14.6 Å². The molecule has 1 N–H and O–H groups in total. The maximum atomic E-state index is 12.0. The average Bonchev–Trinajstić information content (AvgIpc) is 2.49.